The summed E-state index contributed by atoms with van der Waals surface area (Å²) in [6.07, 6.45) is 15.0. The summed E-state index contributed by atoms with van der Waals surface area (Å²) in [7, 11) is 0. The van der Waals surface area contributed by atoms with Crippen LogP contribution >= 0.6 is 0 Å². The van der Waals surface area contributed by atoms with Gasteiger partial charge in [-0.1, -0.05) is 25.0 Å². The zero-order valence-electron chi connectivity index (χ0n) is 7.26. The molecule has 0 aromatic carbocycles. The molecule has 2 aliphatic carbocycles. The summed E-state index contributed by atoms with van der Waals surface area (Å²) in [5, 5.41) is 0. The summed E-state index contributed by atoms with van der Waals surface area (Å²) in [6, 6.07) is 0. The lowest BCUT2D eigenvalue weighted by Crippen LogP contribution is -2.24. The normalized spacial score (nSPS) is 37.8. The van der Waals surface area contributed by atoms with E-state index in [4.69, 9.17) is 0 Å². The standard InChI is InChI=1S/C11H18/c1-2-4-6-10-8-9-11(10)7-5-3-1/h2,4,10-11H,1,3,5-9H2. The van der Waals surface area contributed by atoms with Crippen molar-refractivity contribution in [2.75, 3.05) is 0 Å². The number of hydrogen-bond donors (Lipinski definition) is 0. The van der Waals surface area contributed by atoms with Gasteiger partial charge >= 0.3 is 0 Å². The van der Waals surface area contributed by atoms with E-state index < -0.39 is 0 Å². The molecule has 0 saturated heterocycles. The Balaban J connectivity index is 1.89. The molecule has 0 heterocycles. The largest absolute Gasteiger partial charge is 0.0885 e. The van der Waals surface area contributed by atoms with E-state index in [1.54, 1.807) is 0 Å². The van der Waals surface area contributed by atoms with Gasteiger partial charge in [-0.25, -0.2) is 0 Å². The van der Waals surface area contributed by atoms with Crippen LogP contribution in [0, 0.1) is 11.8 Å². The molecule has 0 nitrogen and oxygen atoms in total. The molecule has 0 aromatic heterocycles. The van der Waals surface area contributed by atoms with Crippen LogP contribution in [0.4, 0.5) is 0 Å². The first-order valence-electron chi connectivity index (χ1n) is 5.12. The highest BCUT2D eigenvalue weighted by Crippen LogP contribution is 2.40. The first kappa shape index (κ1) is 7.39. The zero-order valence-corrected chi connectivity index (χ0v) is 7.26. The van der Waals surface area contributed by atoms with E-state index in [-0.39, 0.29) is 0 Å². The molecule has 2 rings (SSSR count). The fourth-order valence-corrected chi connectivity index (χ4v) is 2.39. The third-order valence-electron chi connectivity index (χ3n) is 3.38. The van der Waals surface area contributed by atoms with Gasteiger partial charge in [-0.15, -0.1) is 0 Å². The van der Waals surface area contributed by atoms with Crippen molar-refractivity contribution in [3.63, 3.8) is 0 Å². The molecule has 1 fully saturated rings. The summed E-state index contributed by atoms with van der Waals surface area (Å²) in [6.45, 7) is 0. The van der Waals surface area contributed by atoms with Crippen LogP contribution in [0.5, 0.6) is 0 Å². The van der Waals surface area contributed by atoms with Gasteiger partial charge in [-0.3, -0.25) is 0 Å². The lowest BCUT2D eigenvalue weighted by Gasteiger charge is -2.36. The van der Waals surface area contributed by atoms with Crippen molar-refractivity contribution >= 4 is 0 Å². The molecule has 2 atom stereocenters. The molecule has 0 amide bonds. The van der Waals surface area contributed by atoms with Crippen molar-refractivity contribution < 1.29 is 0 Å². The van der Waals surface area contributed by atoms with Gasteiger partial charge in [0.15, 0.2) is 0 Å². The van der Waals surface area contributed by atoms with Crippen molar-refractivity contribution in [2.24, 2.45) is 11.8 Å². The van der Waals surface area contributed by atoms with Gasteiger partial charge < -0.3 is 0 Å². The maximum absolute atomic E-state index is 2.42. The van der Waals surface area contributed by atoms with Gasteiger partial charge in [0.05, 0.1) is 0 Å². The molecule has 1 saturated carbocycles. The van der Waals surface area contributed by atoms with Gasteiger partial charge in [0.2, 0.25) is 0 Å². The van der Waals surface area contributed by atoms with Crippen LogP contribution in [0.25, 0.3) is 0 Å². The molecule has 11 heavy (non-hydrogen) atoms. The van der Waals surface area contributed by atoms with Crippen LogP contribution in [0.2, 0.25) is 0 Å². The minimum absolute atomic E-state index is 1.07. The molecule has 2 aliphatic rings. The smallest absolute Gasteiger partial charge is 0.0320 e. The van der Waals surface area contributed by atoms with Crippen molar-refractivity contribution in [3.8, 4) is 0 Å². The lowest BCUT2D eigenvalue weighted by molar-refractivity contribution is 0.164. The van der Waals surface area contributed by atoms with Crippen molar-refractivity contribution in [2.45, 2.75) is 44.9 Å². The van der Waals surface area contributed by atoms with Crippen LogP contribution in [0.3, 0.4) is 0 Å². The fraction of sp³-hybridized carbons (Fsp3) is 0.818. The Morgan fingerprint density at radius 1 is 0.818 bits per heavy atom. The molecular formula is C11H18. The number of allylic oxidation sites excluding steroid dienone is 2. The summed E-state index contributed by atoms with van der Waals surface area (Å²) in [5.74, 6) is 2.18. The number of rotatable bonds is 0. The van der Waals surface area contributed by atoms with Gasteiger partial charge in [0.1, 0.15) is 0 Å². The third-order valence-corrected chi connectivity index (χ3v) is 3.38. The summed E-state index contributed by atoms with van der Waals surface area (Å²) < 4.78 is 0. The van der Waals surface area contributed by atoms with Gasteiger partial charge in [-0.2, -0.15) is 0 Å². The zero-order chi connectivity index (χ0) is 7.52. The average Bonchev–Trinajstić information content (AvgIpc) is 2.04. The maximum atomic E-state index is 2.42. The van der Waals surface area contributed by atoms with Crippen LogP contribution < -0.4 is 0 Å². The van der Waals surface area contributed by atoms with Crippen molar-refractivity contribution in [3.05, 3.63) is 12.2 Å². The second-order valence-corrected chi connectivity index (χ2v) is 4.09. The van der Waals surface area contributed by atoms with E-state index in [1.807, 2.05) is 0 Å². The first-order chi connectivity index (χ1) is 5.47. The topological polar surface area (TPSA) is 0 Å². The second kappa shape index (κ2) is 3.42. The Labute approximate surface area is 69.7 Å². The van der Waals surface area contributed by atoms with Crippen molar-refractivity contribution in [1.29, 1.82) is 0 Å². The van der Waals surface area contributed by atoms with E-state index in [0.717, 1.165) is 11.8 Å². The van der Waals surface area contributed by atoms with E-state index in [1.165, 1.54) is 44.9 Å². The molecular weight excluding hydrogens is 132 g/mol. The Hall–Kier alpha value is -0.260. The van der Waals surface area contributed by atoms with E-state index in [0.29, 0.717) is 0 Å². The minimum atomic E-state index is 1.07. The van der Waals surface area contributed by atoms with Gasteiger partial charge in [0, 0.05) is 0 Å². The van der Waals surface area contributed by atoms with Crippen LogP contribution in [-0.4, -0.2) is 0 Å². The predicted molar refractivity (Wildman–Crippen MR) is 48.4 cm³/mol. The number of fused-ring (bicyclic) bond motifs is 1. The molecule has 0 radical (unpaired) electrons. The summed E-state index contributed by atoms with van der Waals surface area (Å²) in [4.78, 5) is 0. The average molecular weight is 150 g/mol. The van der Waals surface area contributed by atoms with E-state index in [9.17, 15) is 0 Å². The molecule has 0 aromatic rings. The van der Waals surface area contributed by atoms with Crippen molar-refractivity contribution in [1.82, 2.24) is 0 Å². The molecule has 62 valence electrons. The highest BCUT2D eigenvalue weighted by atomic mass is 14.3. The highest BCUT2D eigenvalue weighted by Gasteiger charge is 2.28. The third kappa shape index (κ3) is 1.66. The Morgan fingerprint density at radius 2 is 1.73 bits per heavy atom. The predicted octanol–water partition coefficient (Wildman–Crippen LogP) is 3.53. The quantitative estimate of drug-likeness (QED) is 0.463. The molecule has 0 N–H and O–H groups in total. The number of hydrogen-bond acceptors (Lipinski definition) is 0. The van der Waals surface area contributed by atoms with Gasteiger partial charge in [-0.05, 0) is 43.9 Å². The van der Waals surface area contributed by atoms with Crippen LogP contribution in [0.15, 0.2) is 12.2 Å². The van der Waals surface area contributed by atoms with E-state index >= 15 is 0 Å². The summed E-state index contributed by atoms with van der Waals surface area (Å²) in [5.41, 5.74) is 0. The van der Waals surface area contributed by atoms with Crippen LogP contribution in [0.1, 0.15) is 44.9 Å². The minimum Gasteiger partial charge on any atom is -0.0885 e. The second-order valence-electron chi connectivity index (χ2n) is 4.09. The van der Waals surface area contributed by atoms with Gasteiger partial charge in [0.25, 0.3) is 0 Å². The van der Waals surface area contributed by atoms with E-state index in [2.05, 4.69) is 12.2 Å². The Bertz CT molecular complexity index is 146. The lowest BCUT2D eigenvalue weighted by atomic mass is 9.70. The van der Waals surface area contributed by atoms with Crippen LogP contribution in [-0.2, 0) is 0 Å². The maximum Gasteiger partial charge on any atom is -0.0320 e. The monoisotopic (exact) mass is 150 g/mol. The Kier molecular flexibility index (Phi) is 2.30. The molecule has 0 bridgehead atoms. The molecule has 2 unspecified atom stereocenters. The molecule has 0 heteroatoms. The molecule has 0 aliphatic heterocycles. The first-order valence-corrected chi connectivity index (χ1v) is 5.12. The SMILES string of the molecule is C1=CCC2CCC2CCCC1. The highest BCUT2D eigenvalue weighted by molar-refractivity contribution is 4.91. The Morgan fingerprint density at radius 3 is 2.55 bits per heavy atom. The fourth-order valence-electron chi connectivity index (χ4n) is 2.39. The molecule has 0 spiro atoms. The summed E-state index contributed by atoms with van der Waals surface area (Å²) >= 11 is 0.